The number of carbonyl (C=O) groups excluding carboxylic acids is 1. The van der Waals surface area contributed by atoms with E-state index in [4.69, 9.17) is 5.11 Å². The van der Waals surface area contributed by atoms with Gasteiger partial charge in [0.25, 0.3) is 0 Å². The van der Waals surface area contributed by atoms with Gasteiger partial charge in [0.1, 0.15) is 6.54 Å². The van der Waals surface area contributed by atoms with Crippen LogP contribution in [0.3, 0.4) is 0 Å². The zero-order valence-corrected chi connectivity index (χ0v) is 10.4. The molecule has 1 unspecified atom stereocenters. The number of carbonyl (C=O) groups is 2. The van der Waals surface area contributed by atoms with Gasteiger partial charge in [-0.2, -0.15) is 12.6 Å². The second-order valence-electron chi connectivity index (χ2n) is 4.01. The Morgan fingerprint density at radius 1 is 1.35 bits per heavy atom. The van der Waals surface area contributed by atoms with Gasteiger partial charge >= 0.3 is 5.97 Å². The van der Waals surface area contributed by atoms with Crippen LogP contribution in [0, 0.1) is 0 Å². The molecule has 0 aliphatic heterocycles. The molecule has 0 bridgehead atoms. The van der Waals surface area contributed by atoms with Gasteiger partial charge in [0, 0.05) is 0 Å². The molecule has 1 aromatic rings. The van der Waals surface area contributed by atoms with E-state index in [1.54, 1.807) is 6.92 Å². The monoisotopic (exact) mass is 253 g/mol. The van der Waals surface area contributed by atoms with Crippen LogP contribution in [0.5, 0.6) is 0 Å². The van der Waals surface area contributed by atoms with Crippen molar-refractivity contribution in [2.24, 2.45) is 0 Å². The zero-order valence-electron chi connectivity index (χ0n) is 9.51. The van der Waals surface area contributed by atoms with Gasteiger partial charge < -0.3 is 10.4 Å². The summed E-state index contributed by atoms with van der Waals surface area (Å²) < 4.78 is -0.920. The number of thiol groups is 1. The van der Waals surface area contributed by atoms with Gasteiger partial charge in [-0.1, -0.05) is 30.3 Å². The number of nitrogens with one attached hydrogen (secondary N) is 1. The SMILES string of the molecule is CC(S)(Cc1ccccc1)C(=O)NCC(=O)O. The van der Waals surface area contributed by atoms with Gasteiger partial charge in [-0.15, -0.1) is 0 Å². The van der Waals surface area contributed by atoms with E-state index in [9.17, 15) is 9.59 Å². The number of carboxylic acid groups (broad SMARTS) is 1. The Kier molecular flexibility index (Phi) is 4.57. The quantitative estimate of drug-likeness (QED) is 0.689. The molecule has 1 amide bonds. The molecule has 92 valence electrons. The summed E-state index contributed by atoms with van der Waals surface area (Å²) in [5.74, 6) is -1.45. The Morgan fingerprint density at radius 2 is 1.94 bits per heavy atom. The number of rotatable bonds is 5. The highest BCUT2D eigenvalue weighted by Gasteiger charge is 2.29. The summed E-state index contributed by atoms with van der Waals surface area (Å²) in [6, 6.07) is 9.46. The second kappa shape index (κ2) is 5.72. The average molecular weight is 253 g/mol. The molecule has 0 heterocycles. The van der Waals surface area contributed by atoms with Crippen molar-refractivity contribution in [2.75, 3.05) is 6.54 Å². The molecule has 0 aromatic heterocycles. The largest absolute Gasteiger partial charge is 0.480 e. The van der Waals surface area contributed by atoms with Crippen molar-refractivity contribution in [1.82, 2.24) is 5.32 Å². The summed E-state index contributed by atoms with van der Waals surface area (Å²) in [6.07, 6.45) is 0.447. The summed E-state index contributed by atoms with van der Waals surface area (Å²) in [7, 11) is 0. The minimum atomic E-state index is -1.07. The van der Waals surface area contributed by atoms with Crippen molar-refractivity contribution in [3.8, 4) is 0 Å². The van der Waals surface area contributed by atoms with Crippen LogP contribution in [-0.4, -0.2) is 28.3 Å². The topological polar surface area (TPSA) is 66.4 Å². The van der Waals surface area contributed by atoms with Crippen molar-refractivity contribution in [2.45, 2.75) is 18.1 Å². The second-order valence-corrected chi connectivity index (χ2v) is 5.00. The third-order valence-electron chi connectivity index (χ3n) is 2.28. The fourth-order valence-electron chi connectivity index (χ4n) is 1.42. The lowest BCUT2D eigenvalue weighted by molar-refractivity contribution is -0.138. The maximum absolute atomic E-state index is 11.7. The van der Waals surface area contributed by atoms with Crippen LogP contribution in [0.25, 0.3) is 0 Å². The first-order valence-corrected chi connectivity index (χ1v) is 5.63. The zero-order chi connectivity index (χ0) is 12.9. The van der Waals surface area contributed by atoms with Gasteiger partial charge in [-0.05, 0) is 18.9 Å². The molecule has 0 saturated carbocycles. The van der Waals surface area contributed by atoms with Gasteiger partial charge in [0.05, 0.1) is 4.75 Å². The highest BCUT2D eigenvalue weighted by atomic mass is 32.1. The molecule has 1 aromatic carbocycles. The predicted molar refractivity (Wildman–Crippen MR) is 68.2 cm³/mol. The van der Waals surface area contributed by atoms with E-state index in [0.29, 0.717) is 6.42 Å². The molecule has 5 heteroatoms. The minimum absolute atomic E-state index is 0.382. The summed E-state index contributed by atoms with van der Waals surface area (Å²) >= 11 is 4.29. The Balaban J connectivity index is 2.61. The van der Waals surface area contributed by atoms with Crippen molar-refractivity contribution in [3.05, 3.63) is 35.9 Å². The molecule has 2 N–H and O–H groups in total. The van der Waals surface area contributed by atoms with Crippen LogP contribution < -0.4 is 5.32 Å². The Bertz CT molecular complexity index is 403. The number of benzene rings is 1. The highest BCUT2D eigenvalue weighted by Crippen LogP contribution is 2.20. The van der Waals surface area contributed by atoms with E-state index in [-0.39, 0.29) is 12.5 Å². The number of aliphatic carboxylic acids is 1. The van der Waals surface area contributed by atoms with Crippen LogP contribution in [0.2, 0.25) is 0 Å². The lowest BCUT2D eigenvalue weighted by Gasteiger charge is -2.22. The fraction of sp³-hybridized carbons (Fsp3) is 0.333. The molecule has 17 heavy (non-hydrogen) atoms. The van der Waals surface area contributed by atoms with Crippen molar-refractivity contribution < 1.29 is 14.7 Å². The molecule has 0 fully saturated rings. The fourth-order valence-corrected chi connectivity index (χ4v) is 1.68. The van der Waals surface area contributed by atoms with E-state index >= 15 is 0 Å². The Hall–Kier alpha value is -1.49. The van der Waals surface area contributed by atoms with E-state index < -0.39 is 10.7 Å². The van der Waals surface area contributed by atoms with E-state index in [1.807, 2.05) is 30.3 Å². The summed E-state index contributed by atoms with van der Waals surface area (Å²) in [4.78, 5) is 22.1. The smallest absolute Gasteiger partial charge is 0.322 e. The molecule has 1 rings (SSSR count). The van der Waals surface area contributed by atoms with Crippen LogP contribution in [0.15, 0.2) is 30.3 Å². The predicted octanol–water partition coefficient (Wildman–Crippen LogP) is 1.12. The summed E-state index contributed by atoms with van der Waals surface area (Å²) in [5.41, 5.74) is 0.982. The molecule has 1 atom stereocenters. The van der Waals surface area contributed by atoms with Crippen LogP contribution in [0.4, 0.5) is 0 Å². The van der Waals surface area contributed by atoms with Gasteiger partial charge in [0.2, 0.25) is 5.91 Å². The average Bonchev–Trinajstić information content (AvgIpc) is 2.26. The first-order valence-electron chi connectivity index (χ1n) is 5.18. The highest BCUT2D eigenvalue weighted by molar-refractivity contribution is 7.82. The summed E-state index contributed by atoms with van der Waals surface area (Å²) in [6.45, 7) is 1.28. The molecule has 4 nitrogen and oxygen atoms in total. The molecule has 0 aliphatic rings. The number of amides is 1. The molecular weight excluding hydrogens is 238 g/mol. The number of hydrogen-bond donors (Lipinski definition) is 3. The van der Waals surface area contributed by atoms with Crippen molar-refractivity contribution in [1.29, 1.82) is 0 Å². The van der Waals surface area contributed by atoms with Gasteiger partial charge in [-0.25, -0.2) is 0 Å². The minimum Gasteiger partial charge on any atom is -0.480 e. The maximum atomic E-state index is 11.7. The summed E-state index contributed by atoms with van der Waals surface area (Å²) in [5, 5.41) is 10.8. The molecule has 0 radical (unpaired) electrons. The van der Waals surface area contributed by atoms with Crippen molar-refractivity contribution in [3.63, 3.8) is 0 Å². The third kappa shape index (κ3) is 4.48. The normalized spacial score (nSPS) is 13.8. The van der Waals surface area contributed by atoms with E-state index in [0.717, 1.165) is 5.56 Å². The van der Waals surface area contributed by atoms with Gasteiger partial charge in [-0.3, -0.25) is 9.59 Å². The maximum Gasteiger partial charge on any atom is 0.322 e. The lowest BCUT2D eigenvalue weighted by Crippen LogP contribution is -2.43. The third-order valence-corrected chi connectivity index (χ3v) is 2.64. The van der Waals surface area contributed by atoms with Crippen LogP contribution in [-0.2, 0) is 16.0 Å². The Morgan fingerprint density at radius 3 is 2.47 bits per heavy atom. The number of hydrogen-bond acceptors (Lipinski definition) is 3. The first-order chi connectivity index (χ1) is 7.92. The van der Waals surface area contributed by atoms with E-state index in [2.05, 4.69) is 17.9 Å². The molecule has 0 saturated heterocycles. The molecular formula is C12H15NO3S. The standard InChI is InChI=1S/C12H15NO3S/c1-12(17,11(16)13-8-10(14)15)7-9-5-3-2-4-6-9/h2-6,17H,7-8H2,1H3,(H,13,16)(H,14,15). The Labute approximate surface area is 105 Å². The molecule has 0 spiro atoms. The molecule has 0 aliphatic carbocycles. The van der Waals surface area contributed by atoms with Gasteiger partial charge in [0.15, 0.2) is 0 Å². The number of carboxylic acids is 1. The van der Waals surface area contributed by atoms with Crippen molar-refractivity contribution >= 4 is 24.5 Å². The first kappa shape index (κ1) is 13.6. The lowest BCUT2D eigenvalue weighted by atomic mass is 9.99. The van der Waals surface area contributed by atoms with E-state index in [1.165, 1.54) is 0 Å². The van der Waals surface area contributed by atoms with Crippen LogP contribution >= 0.6 is 12.6 Å². The van der Waals surface area contributed by atoms with Crippen LogP contribution in [0.1, 0.15) is 12.5 Å².